The standard InChI is InChI=1S/C18H14N2/c1-2-12-11-13-7-3-4-9-15(13)17-18(20-19-17)16-10-6-5-8-14(12)16/h2-10,12H,1,11H2. The highest BCUT2D eigenvalue weighted by molar-refractivity contribution is 5.95. The van der Waals surface area contributed by atoms with Crippen molar-refractivity contribution in [1.82, 2.24) is 0 Å². The van der Waals surface area contributed by atoms with Crippen molar-refractivity contribution in [2.75, 3.05) is 0 Å². The second-order valence-electron chi connectivity index (χ2n) is 5.19. The van der Waals surface area contributed by atoms with Gasteiger partial charge in [-0.2, -0.15) is 0 Å². The minimum atomic E-state index is 0.317. The van der Waals surface area contributed by atoms with Crippen molar-refractivity contribution in [2.24, 2.45) is 10.2 Å². The Labute approximate surface area is 118 Å². The number of allylic oxidation sites excluding steroid dienone is 1. The molecule has 1 atom stereocenters. The van der Waals surface area contributed by atoms with Crippen molar-refractivity contribution in [3.63, 3.8) is 0 Å². The molecular formula is C18H14N2. The van der Waals surface area contributed by atoms with E-state index in [1.807, 2.05) is 6.08 Å². The van der Waals surface area contributed by atoms with Crippen molar-refractivity contribution >= 4 is 11.4 Å². The van der Waals surface area contributed by atoms with E-state index in [0.29, 0.717) is 5.92 Å². The fourth-order valence-corrected chi connectivity index (χ4v) is 3.04. The molecule has 0 fully saturated rings. The summed E-state index contributed by atoms with van der Waals surface area (Å²) in [5.74, 6) is 0.317. The van der Waals surface area contributed by atoms with E-state index in [1.54, 1.807) is 0 Å². The molecule has 96 valence electrons. The van der Waals surface area contributed by atoms with Crippen LogP contribution < -0.4 is 0 Å². The molecule has 0 spiro atoms. The second-order valence-corrected chi connectivity index (χ2v) is 5.19. The zero-order valence-corrected chi connectivity index (χ0v) is 11.1. The lowest BCUT2D eigenvalue weighted by molar-refractivity contribution is 0.825. The quantitative estimate of drug-likeness (QED) is 0.656. The smallest absolute Gasteiger partial charge is 0.121 e. The molecule has 0 aromatic heterocycles. The van der Waals surface area contributed by atoms with Crippen LogP contribution in [0, 0.1) is 0 Å². The topological polar surface area (TPSA) is 24.7 Å². The minimum absolute atomic E-state index is 0.317. The summed E-state index contributed by atoms with van der Waals surface area (Å²) in [6, 6.07) is 16.9. The van der Waals surface area contributed by atoms with E-state index in [0.717, 1.165) is 17.8 Å². The number of hydrogen-bond acceptors (Lipinski definition) is 2. The second kappa shape index (κ2) is 4.27. The van der Waals surface area contributed by atoms with Gasteiger partial charge in [0.2, 0.25) is 0 Å². The first kappa shape index (κ1) is 11.4. The van der Waals surface area contributed by atoms with Crippen molar-refractivity contribution in [3.8, 4) is 0 Å². The molecule has 2 aliphatic rings. The van der Waals surface area contributed by atoms with E-state index in [4.69, 9.17) is 0 Å². The van der Waals surface area contributed by atoms with Crippen LogP contribution in [0.5, 0.6) is 0 Å². The molecule has 1 aliphatic carbocycles. The lowest BCUT2D eigenvalue weighted by atomic mass is 9.82. The SMILES string of the molecule is C=CC1Cc2ccccc2C2=C(N=N2)c2ccccc21. The van der Waals surface area contributed by atoms with Crippen LogP contribution >= 0.6 is 0 Å². The van der Waals surface area contributed by atoms with Gasteiger partial charge in [0.15, 0.2) is 0 Å². The molecule has 0 amide bonds. The summed E-state index contributed by atoms with van der Waals surface area (Å²) in [5, 5.41) is 8.53. The molecule has 2 aromatic rings. The number of azo groups is 1. The van der Waals surface area contributed by atoms with Gasteiger partial charge in [-0.15, -0.1) is 16.8 Å². The van der Waals surface area contributed by atoms with Crippen molar-refractivity contribution < 1.29 is 0 Å². The summed E-state index contributed by atoms with van der Waals surface area (Å²) in [5.41, 5.74) is 7.05. The Morgan fingerprint density at radius 1 is 0.900 bits per heavy atom. The normalized spacial score (nSPS) is 19.1. The Morgan fingerprint density at radius 2 is 1.55 bits per heavy atom. The first-order chi connectivity index (χ1) is 9.88. The van der Waals surface area contributed by atoms with Crippen LogP contribution in [0.4, 0.5) is 0 Å². The Morgan fingerprint density at radius 3 is 2.30 bits per heavy atom. The molecule has 1 heterocycles. The molecule has 1 aliphatic heterocycles. The Hall–Kier alpha value is -2.48. The maximum Gasteiger partial charge on any atom is 0.121 e. The molecule has 1 unspecified atom stereocenters. The van der Waals surface area contributed by atoms with Gasteiger partial charge < -0.3 is 0 Å². The maximum atomic E-state index is 4.27. The number of hydrogen-bond donors (Lipinski definition) is 0. The van der Waals surface area contributed by atoms with Gasteiger partial charge in [0.1, 0.15) is 11.4 Å². The molecule has 0 saturated carbocycles. The highest BCUT2D eigenvalue weighted by Gasteiger charge is 2.27. The third-order valence-electron chi connectivity index (χ3n) is 4.09. The van der Waals surface area contributed by atoms with E-state index >= 15 is 0 Å². The molecule has 2 aromatic carbocycles. The van der Waals surface area contributed by atoms with Crippen LogP contribution in [0.25, 0.3) is 11.4 Å². The lowest BCUT2D eigenvalue weighted by Gasteiger charge is -2.26. The van der Waals surface area contributed by atoms with Gasteiger partial charge in [-0.3, -0.25) is 0 Å². The average molecular weight is 258 g/mol. The fraction of sp³-hybridized carbons (Fsp3) is 0.111. The van der Waals surface area contributed by atoms with Gasteiger partial charge in [-0.05, 0) is 17.5 Å². The summed E-state index contributed by atoms with van der Waals surface area (Å²) < 4.78 is 0. The lowest BCUT2D eigenvalue weighted by Crippen LogP contribution is -2.10. The summed E-state index contributed by atoms with van der Waals surface area (Å²) in [6.45, 7) is 4.02. The minimum Gasteiger partial charge on any atom is -0.147 e. The Kier molecular flexibility index (Phi) is 2.43. The van der Waals surface area contributed by atoms with Gasteiger partial charge >= 0.3 is 0 Å². The molecule has 0 N–H and O–H groups in total. The molecular weight excluding hydrogens is 244 g/mol. The largest absolute Gasteiger partial charge is 0.147 e. The van der Waals surface area contributed by atoms with E-state index < -0.39 is 0 Å². The van der Waals surface area contributed by atoms with Crippen LogP contribution in [0.15, 0.2) is 71.4 Å². The molecule has 0 radical (unpaired) electrons. The van der Waals surface area contributed by atoms with Crippen LogP contribution in [0.2, 0.25) is 0 Å². The van der Waals surface area contributed by atoms with Gasteiger partial charge in [0.05, 0.1) is 0 Å². The first-order valence-electron chi connectivity index (χ1n) is 6.84. The Bertz CT molecular complexity index is 768. The van der Waals surface area contributed by atoms with E-state index in [-0.39, 0.29) is 0 Å². The molecule has 4 rings (SSSR count). The first-order valence-corrected chi connectivity index (χ1v) is 6.84. The van der Waals surface area contributed by atoms with Crippen LogP contribution in [-0.4, -0.2) is 0 Å². The Balaban J connectivity index is 2.02. The van der Waals surface area contributed by atoms with Gasteiger partial charge in [-0.1, -0.05) is 54.6 Å². The summed E-state index contributed by atoms with van der Waals surface area (Å²) in [7, 11) is 0. The van der Waals surface area contributed by atoms with E-state index in [9.17, 15) is 0 Å². The predicted molar refractivity (Wildman–Crippen MR) is 81.2 cm³/mol. The van der Waals surface area contributed by atoms with Crippen LogP contribution in [-0.2, 0) is 6.42 Å². The highest BCUT2D eigenvalue weighted by atomic mass is 15.2. The van der Waals surface area contributed by atoms with Gasteiger partial charge in [0, 0.05) is 17.0 Å². The number of fused-ring (bicyclic) bond motifs is 4. The van der Waals surface area contributed by atoms with Gasteiger partial charge in [-0.25, -0.2) is 0 Å². The third kappa shape index (κ3) is 1.51. The number of rotatable bonds is 1. The van der Waals surface area contributed by atoms with Crippen LogP contribution in [0.3, 0.4) is 0 Å². The molecule has 20 heavy (non-hydrogen) atoms. The monoisotopic (exact) mass is 258 g/mol. The highest BCUT2D eigenvalue weighted by Crippen LogP contribution is 2.43. The average Bonchev–Trinajstić information content (AvgIpc) is 2.45. The zero-order valence-electron chi connectivity index (χ0n) is 11.1. The number of benzene rings is 2. The predicted octanol–water partition coefficient (Wildman–Crippen LogP) is 4.80. The maximum absolute atomic E-state index is 4.27. The van der Waals surface area contributed by atoms with E-state index in [2.05, 4.69) is 65.3 Å². The summed E-state index contributed by atoms with van der Waals surface area (Å²) in [6.07, 6.45) is 3.00. The molecule has 2 heteroatoms. The zero-order chi connectivity index (χ0) is 13.5. The summed E-state index contributed by atoms with van der Waals surface area (Å²) >= 11 is 0. The van der Waals surface area contributed by atoms with Crippen molar-refractivity contribution in [1.29, 1.82) is 0 Å². The van der Waals surface area contributed by atoms with Gasteiger partial charge in [0.25, 0.3) is 0 Å². The number of nitrogens with zero attached hydrogens (tertiary/aromatic N) is 2. The molecule has 0 bridgehead atoms. The third-order valence-corrected chi connectivity index (χ3v) is 4.09. The molecule has 0 saturated heterocycles. The molecule has 2 nitrogen and oxygen atoms in total. The summed E-state index contributed by atoms with van der Waals surface area (Å²) in [4.78, 5) is 0. The van der Waals surface area contributed by atoms with E-state index in [1.165, 1.54) is 22.3 Å². The fourth-order valence-electron chi connectivity index (χ4n) is 3.04. The van der Waals surface area contributed by atoms with Crippen LogP contribution in [0.1, 0.15) is 28.2 Å². The van der Waals surface area contributed by atoms with Crippen molar-refractivity contribution in [2.45, 2.75) is 12.3 Å². The van der Waals surface area contributed by atoms with Crippen molar-refractivity contribution in [3.05, 3.63) is 83.4 Å².